The first kappa shape index (κ1) is 11.4. The van der Waals surface area contributed by atoms with Crippen LogP contribution in [0.1, 0.15) is 19.8 Å². The fourth-order valence-corrected chi connectivity index (χ4v) is 1.44. The smallest absolute Gasteiger partial charge is 0.263 e. The second kappa shape index (κ2) is 5.29. The highest BCUT2D eigenvalue weighted by Gasteiger charge is 2.35. The number of rotatable bonds is 5. The molecule has 2 N–H and O–H groups in total. The van der Waals surface area contributed by atoms with Gasteiger partial charge in [0.2, 0.25) is 0 Å². The summed E-state index contributed by atoms with van der Waals surface area (Å²) in [5, 5.41) is 3.15. The molecule has 1 aliphatic rings. The van der Waals surface area contributed by atoms with Crippen molar-refractivity contribution in [3.8, 4) is 0 Å². The van der Waals surface area contributed by atoms with Gasteiger partial charge in [-0.3, -0.25) is 9.63 Å². The molecule has 14 heavy (non-hydrogen) atoms. The van der Waals surface area contributed by atoms with Crippen molar-refractivity contribution in [2.75, 3.05) is 26.9 Å². The maximum atomic E-state index is 11.6. The molecule has 1 unspecified atom stereocenters. The Bertz CT molecular complexity index is 190. The predicted octanol–water partition coefficient (Wildman–Crippen LogP) is -0.177. The zero-order valence-electron chi connectivity index (χ0n) is 8.76. The lowest BCUT2D eigenvalue weighted by molar-refractivity contribution is -0.140. The molecular formula is C9H18N2O3. The Morgan fingerprint density at radius 3 is 2.93 bits per heavy atom. The molecule has 1 atom stereocenters. The van der Waals surface area contributed by atoms with E-state index in [0.29, 0.717) is 13.2 Å². The van der Waals surface area contributed by atoms with Gasteiger partial charge in [0, 0.05) is 7.11 Å². The Labute approximate surface area is 84.1 Å². The van der Waals surface area contributed by atoms with E-state index in [9.17, 15) is 4.79 Å². The first-order valence-corrected chi connectivity index (χ1v) is 4.85. The van der Waals surface area contributed by atoms with Gasteiger partial charge in [-0.25, -0.2) is 5.48 Å². The zero-order valence-corrected chi connectivity index (χ0v) is 8.76. The van der Waals surface area contributed by atoms with Crippen LogP contribution in [0.2, 0.25) is 0 Å². The van der Waals surface area contributed by atoms with Crippen molar-refractivity contribution in [1.29, 1.82) is 0 Å². The number of amides is 1. The van der Waals surface area contributed by atoms with E-state index in [4.69, 9.17) is 9.57 Å². The molecule has 1 fully saturated rings. The van der Waals surface area contributed by atoms with Crippen molar-refractivity contribution < 1.29 is 14.4 Å². The molecule has 0 aromatic carbocycles. The van der Waals surface area contributed by atoms with Gasteiger partial charge >= 0.3 is 0 Å². The van der Waals surface area contributed by atoms with Crippen molar-refractivity contribution in [2.45, 2.75) is 25.3 Å². The molecule has 1 rings (SSSR count). The number of hydroxylamine groups is 1. The van der Waals surface area contributed by atoms with E-state index in [2.05, 4.69) is 10.8 Å². The number of nitrogens with one attached hydrogen (secondary N) is 2. The molecule has 0 radical (unpaired) electrons. The molecule has 1 heterocycles. The van der Waals surface area contributed by atoms with Gasteiger partial charge in [0.05, 0.1) is 18.8 Å². The minimum absolute atomic E-state index is 0.105. The summed E-state index contributed by atoms with van der Waals surface area (Å²) in [6.45, 7) is 3.62. The quantitative estimate of drug-likeness (QED) is 0.480. The standard InChI is InChI=1S/C9H18N2O3/c1-9(4-3-5-10-9)8(12)11-14-7-6-13-2/h10H,3-7H2,1-2H3,(H,11,12). The van der Waals surface area contributed by atoms with E-state index in [1.54, 1.807) is 7.11 Å². The average Bonchev–Trinajstić information content (AvgIpc) is 2.61. The van der Waals surface area contributed by atoms with Crippen molar-refractivity contribution in [2.24, 2.45) is 0 Å². The van der Waals surface area contributed by atoms with E-state index in [1.807, 2.05) is 6.92 Å². The molecular weight excluding hydrogens is 184 g/mol. The van der Waals surface area contributed by atoms with Gasteiger partial charge in [-0.05, 0) is 26.3 Å². The molecule has 0 aromatic heterocycles. The fraction of sp³-hybridized carbons (Fsp3) is 0.889. The Hall–Kier alpha value is -0.650. The Morgan fingerprint density at radius 1 is 1.57 bits per heavy atom. The summed E-state index contributed by atoms with van der Waals surface area (Å²) in [5.74, 6) is -0.105. The molecule has 0 bridgehead atoms. The van der Waals surface area contributed by atoms with Crippen LogP contribution in [0.3, 0.4) is 0 Å². The van der Waals surface area contributed by atoms with Crippen LogP contribution in [0.15, 0.2) is 0 Å². The van der Waals surface area contributed by atoms with Crippen molar-refractivity contribution in [1.82, 2.24) is 10.8 Å². The minimum Gasteiger partial charge on any atom is -0.382 e. The van der Waals surface area contributed by atoms with Gasteiger partial charge in [-0.2, -0.15) is 0 Å². The molecule has 0 spiro atoms. The first-order valence-electron chi connectivity index (χ1n) is 4.85. The van der Waals surface area contributed by atoms with Gasteiger partial charge < -0.3 is 10.1 Å². The third-order valence-electron chi connectivity index (χ3n) is 2.42. The summed E-state index contributed by atoms with van der Waals surface area (Å²) in [6.07, 6.45) is 1.88. The van der Waals surface area contributed by atoms with Gasteiger partial charge in [-0.15, -0.1) is 0 Å². The molecule has 1 amide bonds. The average molecular weight is 202 g/mol. The van der Waals surface area contributed by atoms with Gasteiger partial charge in [0.1, 0.15) is 0 Å². The van der Waals surface area contributed by atoms with Crippen LogP contribution in [0, 0.1) is 0 Å². The number of hydrogen-bond acceptors (Lipinski definition) is 4. The third kappa shape index (κ3) is 2.94. The number of ether oxygens (including phenoxy) is 1. The summed E-state index contributed by atoms with van der Waals surface area (Å²) in [5.41, 5.74) is 1.95. The lowest BCUT2D eigenvalue weighted by atomic mass is 10.0. The number of hydrogen-bond donors (Lipinski definition) is 2. The Kier molecular flexibility index (Phi) is 4.31. The van der Waals surface area contributed by atoms with Gasteiger partial charge in [0.15, 0.2) is 0 Å². The SMILES string of the molecule is COCCONC(=O)C1(C)CCCN1. The molecule has 0 aromatic rings. The monoisotopic (exact) mass is 202 g/mol. The summed E-state index contributed by atoms with van der Waals surface area (Å²) in [6, 6.07) is 0. The van der Waals surface area contributed by atoms with Crippen molar-refractivity contribution in [3.63, 3.8) is 0 Å². The van der Waals surface area contributed by atoms with E-state index in [0.717, 1.165) is 19.4 Å². The fourth-order valence-electron chi connectivity index (χ4n) is 1.44. The Morgan fingerprint density at radius 2 is 2.36 bits per heavy atom. The van der Waals surface area contributed by atoms with E-state index in [-0.39, 0.29) is 5.91 Å². The molecule has 1 saturated heterocycles. The maximum Gasteiger partial charge on any atom is 0.263 e. The topological polar surface area (TPSA) is 59.6 Å². The normalized spacial score (nSPS) is 26.4. The van der Waals surface area contributed by atoms with Crippen LogP contribution in [0.25, 0.3) is 0 Å². The highest BCUT2D eigenvalue weighted by Crippen LogP contribution is 2.18. The van der Waals surface area contributed by atoms with Gasteiger partial charge in [0.25, 0.3) is 5.91 Å². The zero-order chi connectivity index (χ0) is 10.4. The molecule has 1 aliphatic heterocycles. The second-order valence-electron chi connectivity index (χ2n) is 3.63. The predicted molar refractivity (Wildman–Crippen MR) is 51.6 cm³/mol. The molecule has 82 valence electrons. The van der Waals surface area contributed by atoms with Crippen LogP contribution in [-0.2, 0) is 14.4 Å². The molecule has 0 aliphatic carbocycles. The Balaban J connectivity index is 2.20. The number of methoxy groups -OCH3 is 1. The lowest BCUT2D eigenvalue weighted by Gasteiger charge is -2.22. The summed E-state index contributed by atoms with van der Waals surface area (Å²) in [4.78, 5) is 16.5. The van der Waals surface area contributed by atoms with Crippen molar-refractivity contribution >= 4 is 5.91 Å². The molecule has 5 nitrogen and oxygen atoms in total. The van der Waals surface area contributed by atoms with Crippen LogP contribution in [0.5, 0.6) is 0 Å². The first-order chi connectivity index (χ1) is 6.69. The van der Waals surface area contributed by atoms with Crippen molar-refractivity contribution in [3.05, 3.63) is 0 Å². The van der Waals surface area contributed by atoms with E-state index >= 15 is 0 Å². The van der Waals surface area contributed by atoms with E-state index in [1.165, 1.54) is 0 Å². The van der Waals surface area contributed by atoms with Crippen LogP contribution in [-0.4, -0.2) is 38.3 Å². The second-order valence-corrected chi connectivity index (χ2v) is 3.63. The number of carbonyl (C=O) groups excluding carboxylic acids is 1. The van der Waals surface area contributed by atoms with Crippen LogP contribution in [0.4, 0.5) is 0 Å². The molecule has 0 saturated carbocycles. The highest BCUT2D eigenvalue weighted by molar-refractivity contribution is 5.85. The maximum absolute atomic E-state index is 11.6. The van der Waals surface area contributed by atoms with Crippen LogP contribution >= 0.6 is 0 Å². The van der Waals surface area contributed by atoms with Gasteiger partial charge in [-0.1, -0.05) is 0 Å². The highest BCUT2D eigenvalue weighted by atomic mass is 16.7. The minimum atomic E-state index is -0.465. The number of carbonyl (C=O) groups is 1. The summed E-state index contributed by atoms with van der Waals surface area (Å²) >= 11 is 0. The largest absolute Gasteiger partial charge is 0.382 e. The summed E-state index contributed by atoms with van der Waals surface area (Å²) < 4.78 is 4.78. The third-order valence-corrected chi connectivity index (χ3v) is 2.42. The van der Waals surface area contributed by atoms with Crippen LogP contribution < -0.4 is 10.8 Å². The lowest BCUT2D eigenvalue weighted by Crippen LogP contribution is -2.51. The molecule has 5 heteroatoms. The summed E-state index contributed by atoms with van der Waals surface area (Å²) in [7, 11) is 1.59. The van der Waals surface area contributed by atoms with E-state index < -0.39 is 5.54 Å².